The third kappa shape index (κ3) is 2.36. The summed E-state index contributed by atoms with van der Waals surface area (Å²) < 4.78 is 0. The van der Waals surface area contributed by atoms with E-state index in [1.165, 1.54) is 5.56 Å². The molecule has 0 saturated heterocycles. The quantitative estimate of drug-likeness (QED) is 0.902. The molecule has 2 aromatic rings. The highest BCUT2D eigenvalue weighted by Crippen LogP contribution is 2.42. The zero-order chi connectivity index (χ0) is 13.4. The van der Waals surface area contributed by atoms with Gasteiger partial charge in [-0.1, -0.05) is 35.3 Å². The molecule has 0 bridgehead atoms. The fourth-order valence-corrected chi connectivity index (χ4v) is 3.23. The third-order valence-electron chi connectivity index (χ3n) is 3.66. The minimum atomic E-state index is -0.638. The monoisotopic (exact) mass is 293 g/mol. The molecule has 0 radical (unpaired) electrons. The number of aryl methyl sites for hydroxylation is 1. The molecule has 2 atom stereocenters. The Bertz CT molecular complexity index is 615. The van der Waals surface area contributed by atoms with Crippen molar-refractivity contribution in [1.82, 2.24) is 4.98 Å². The van der Waals surface area contributed by atoms with Crippen molar-refractivity contribution >= 4 is 23.2 Å². The molecule has 2 nitrogen and oxygen atoms in total. The molecule has 1 aromatic carbocycles. The van der Waals surface area contributed by atoms with Crippen LogP contribution in [0.25, 0.3) is 0 Å². The van der Waals surface area contributed by atoms with Crippen LogP contribution in [0.2, 0.25) is 10.0 Å². The largest absolute Gasteiger partial charge is 0.388 e. The Balaban J connectivity index is 1.95. The van der Waals surface area contributed by atoms with Gasteiger partial charge in [-0.3, -0.25) is 4.98 Å². The summed E-state index contributed by atoms with van der Waals surface area (Å²) in [5, 5.41) is 11.7. The summed E-state index contributed by atoms with van der Waals surface area (Å²) in [5.41, 5.74) is 2.92. The molecule has 2 unspecified atom stereocenters. The van der Waals surface area contributed by atoms with Crippen molar-refractivity contribution in [2.75, 3.05) is 0 Å². The van der Waals surface area contributed by atoms with Gasteiger partial charge < -0.3 is 5.11 Å². The summed E-state index contributed by atoms with van der Waals surface area (Å²) in [4.78, 5) is 4.41. The van der Waals surface area contributed by atoms with Crippen LogP contribution in [0.4, 0.5) is 0 Å². The molecule has 0 saturated carbocycles. The lowest BCUT2D eigenvalue weighted by molar-refractivity contribution is 0.143. The van der Waals surface area contributed by atoms with Crippen molar-refractivity contribution in [2.24, 2.45) is 0 Å². The zero-order valence-corrected chi connectivity index (χ0v) is 11.7. The smallest absolute Gasteiger partial charge is 0.0888 e. The van der Waals surface area contributed by atoms with Crippen LogP contribution in [0.1, 0.15) is 35.3 Å². The molecule has 0 fully saturated rings. The summed E-state index contributed by atoms with van der Waals surface area (Å²) in [6, 6.07) is 9.20. The molecule has 1 heterocycles. The number of halogens is 2. The van der Waals surface area contributed by atoms with Gasteiger partial charge in [-0.05, 0) is 42.2 Å². The highest BCUT2D eigenvalue weighted by atomic mass is 35.5. The molecule has 0 spiro atoms. The van der Waals surface area contributed by atoms with Gasteiger partial charge in [0.1, 0.15) is 0 Å². The predicted molar refractivity (Wildman–Crippen MR) is 76.7 cm³/mol. The maximum atomic E-state index is 10.6. The lowest BCUT2D eigenvalue weighted by Gasteiger charge is -2.20. The molecule has 3 rings (SSSR count). The van der Waals surface area contributed by atoms with Crippen molar-refractivity contribution in [3.8, 4) is 0 Å². The second-order valence-corrected chi connectivity index (χ2v) is 5.65. The average molecular weight is 294 g/mol. The number of hydrogen-bond donors (Lipinski definition) is 1. The number of aromatic nitrogens is 1. The van der Waals surface area contributed by atoms with E-state index in [1.807, 2.05) is 6.07 Å². The van der Waals surface area contributed by atoms with Gasteiger partial charge in [0.15, 0.2) is 0 Å². The van der Waals surface area contributed by atoms with Crippen molar-refractivity contribution in [1.29, 1.82) is 0 Å². The molecule has 19 heavy (non-hydrogen) atoms. The number of fused-ring (bicyclic) bond motifs is 1. The van der Waals surface area contributed by atoms with E-state index in [0.29, 0.717) is 10.0 Å². The first-order valence-corrected chi connectivity index (χ1v) is 6.99. The van der Waals surface area contributed by atoms with Crippen molar-refractivity contribution < 1.29 is 5.11 Å². The maximum Gasteiger partial charge on any atom is 0.0888 e. The molecule has 0 aliphatic heterocycles. The van der Waals surface area contributed by atoms with Gasteiger partial charge >= 0.3 is 0 Å². The van der Waals surface area contributed by atoms with Gasteiger partial charge in [0.2, 0.25) is 0 Å². The summed E-state index contributed by atoms with van der Waals surface area (Å²) in [6.07, 6.45) is 2.98. The summed E-state index contributed by atoms with van der Waals surface area (Å²) in [5.74, 6) is 0.00914. The first-order valence-electron chi connectivity index (χ1n) is 6.23. The third-order valence-corrected chi connectivity index (χ3v) is 4.23. The number of nitrogens with zero attached hydrogens (tertiary/aromatic N) is 1. The van der Waals surface area contributed by atoms with Gasteiger partial charge in [-0.25, -0.2) is 0 Å². The first-order chi connectivity index (χ1) is 9.16. The highest BCUT2D eigenvalue weighted by Gasteiger charge is 2.31. The summed E-state index contributed by atoms with van der Waals surface area (Å²) >= 11 is 12.0. The molecule has 1 aliphatic rings. The van der Waals surface area contributed by atoms with Gasteiger partial charge in [0.05, 0.1) is 6.10 Å². The predicted octanol–water partition coefficient (Wildman–Crippen LogP) is 4.15. The molecule has 4 heteroatoms. The average Bonchev–Trinajstić information content (AvgIpc) is 2.82. The number of pyridine rings is 1. The number of rotatable bonds is 2. The molecule has 1 N–H and O–H groups in total. The Morgan fingerprint density at radius 2 is 2.11 bits per heavy atom. The van der Waals surface area contributed by atoms with E-state index in [2.05, 4.69) is 11.1 Å². The van der Waals surface area contributed by atoms with Crippen LogP contribution in [-0.4, -0.2) is 10.1 Å². The standard InChI is InChI=1S/C15H13Cl2NO/c16-10-4-6-11(13(17)8-10)15(19)12-5-3-9-2-1-7-18-14(9)12/h1-2,4,6-8,12,15,19H,3,5H2. The van der Waals surface area contributed by atoms with Crippen molar-refractivity contribution in [2.45, 2.75) is 24.9 Å². The lowest BCUT2D eigenvalue weighted by Crippen LogP contribution is -2.10. The van der Waals surface area contributed by atoms with Gasteiger partial charge in [0.25, 0.3) is 0 Å². The van der Waals surface area contributed by atoms with Crippen LogP contribution in [0.5, 0.6) is 0 Å². The van der Waals surface area contributed by atoms with E-state index < -0.39 is 6.10 Å². The topological polar surface area (TPSA) is 33.1 Å². The first kappa shape index (κ1) is 12.9. The normalized spacial score (nSPS) is 19.2. The van der Waals surface area contributed by atoms with Crippen molar-refractivity contribution in [3.05, 3.63) is 63.4 Å². The van der Waals surface area contributed by atoms with E-state index in [4.69, 9.17) is 23.2 Å². The summed E-state index contributed by atoms with van der Waals surface area (Å²) in [7, 11) is 0. The van der Waals surface area contributed by atoms with Gasteiger partial charge in [0, 0.05) is 27.9 Å². The minimum absolute atomic E-state index is 0.00914. The van der Waals surface area contributed by atoms with Crippen LogP contribution in [-0.2, 0) is 6.42 Å². The molecule has 1 aromatic heterocycles. The molecular formula is C15H13Cl2NO. The number of aliphatic hydroxyl groups excluding tert-OH is 1. The van der Waals surface area contributed by atoms with Gasteiger partial charge in [-0.2, -0.15) is 0 Å². The number of benzene rings is 1. The SMILES string of the molecule is OC(c1ccc(Cl)cc1Cl)C1CCc2cccnc21. The fraction of sp³-hybridized carbons (Fsp3) is 0.267. The van der Waals surface area contributed by atoms with Crippen LogP contribution < -0.4 is 0 Å². The second-order valence-electron chi connectivity index (χ2n) is 4.80. The molecular weight excluding hydrogens is 281 g/mol. The van der Waals surface area contributed by atoms with E-state index in [-0.39, 0.29) is 5.92 Å². The maximum absolute atomic E-state index is 10.6. The van der Waals surface area contributed by atoms with Gasteiger partial charge in [-0.15, -0.1) is 0 Å². The Morgan fingerprint density at radius 3 is 2.89 bits per heavy atom. The highest BCUT2D eigenvalue weighted by molar-refractivity contribution is 6.35. The molecule has 0 amide bonds. The fourth-order valence-electron chi connectivity index (χ4n) is 2.71. The van der Waals surface area contributed by atoms with E-state index in [9.17, 15) is 5.11 Å². The van der Waals surface area contributed by atoms with E-state index >= 15 is 0 Å². The van der Waals surface area contributed by atoms with E-state index in [0.717, 1.165) is 24.1 Å². The Kier molecular flexibility index (Phi) is 3.48. The number of aliphatic hydroxyl groups is 1. The summed E-state index contributed by atoms with van der Waals surface area (Å²) in [6.45, 7) is 0. The zero-order valence-electron chi connectivity index (χ0n) is 10.2. The minimum Gasteiger partial charge on any atom is -0.388 e. The second kappa shape index (κ2) is 5.12. The Morgan fingerprint density at radius 1 is 1.26 bits per heavy atom. The van der Waals surface area contributed by atoms with E-state index in [1.54, 1.807) is 24.4 Å². The van der Waals surface area contributed by atoms with Crippen molar-refractivity contribution in [3.63, 3.8) is 0 Å². The number of hydrogen-bond acceptors (Lipinski definition) is 2. The van der Waals surface area contributed by atoms with Crippen LogP contribution in [0.3, 0.4) is 0 Å². The molecule has 98 valence electrons. The molecule has 1 aliphatic carbocycles. The lowest BCUT2D eigenvalue weighted by atomic mass is 9.93. The Labute approximate surface area is 122 Å². The van der Waals surface area contributed by atoms with Crippen LogP contribution in [0, 0.1) is 0 Å². The van der Waals surface area contributed by atoms with Crippen LogP contribution >= 0.6 is 23.2 Å². The Hall–Kier alpha value is -1.09. The van der Waals surface area contributed by atoms with Crippen LogP contribution in [0.15, 0.2) is 36.5 Å².